The standard InChI is InChI=1S/C13H17NO2/c1-16-13(15)12(14-11-7-8-11)9-10-5-3-2-4-6-10/h2-6,11-12,14H,7-9H2,1H3/t12-/m0/s1. The molecule has 1 N–H and O–H groups in total. The highest BCUT2D eigenvalue weighted by atomic mass is 16.5. The normalized spacial score (nSPS) is 16.8. The van der Waals surface area contributed by atoms with Crippen molar-refractivity contribution in [2.45, 2.75) is 31.3 Å². The fourth-order valence-electron chi connectivity index (χ4n) is 1.74. The molecule has 3 nitrogen and oxygen atoms in total. The maximum absolute atomic E-state index is 11.6. The molecule has 1 atom stereocenters. The van der Waals surface area contributed by atoms with Gasteiger partial charge in [0.05, 0.1) is 7.11 Å². The Balaban J connectivity index is 1.98. The van der Waals surface area contributed by atoms with Crippen LogP contribution < -0.4 is 5.32 Å². The summed E-state index contributed by atoms with van der Waals surface area (Å²) in [6.45, 7) is 0. The van der Waals surface area contributed by atoms with Crippen molar-refractivity contribution in [2.24, 2.45) is 0 Å². The highest BCUT2D eigenvalue weighted by Crippen LogP contribution is 2.20. The molecule has 86 valence electrons. The molecule has 0 amide bonds. The van der Waals surface area contributed by atoms with E-state index < -0.39 is 0 Å². The number of carbonyl (C=O) groups excluding carboxylic acids is 1. The number of hydrogen-bond acceptors (Lipinski definition) is 3. The fraction of sp³-hybridized carbons (Fsp3) is 0.462. The number of carbonyl (C=O) groups is 1. The van der Waals surface area contributed by atoms with Crippen molar-refractivity contribution in [3.8, 4) is 0 Å². The number of rotatable bonds is 5. The van der Waals surface area contributed by atoms with Gasteiger partial charge in [-0.15, -0.1) is 0 Å². The van der Waals surface area contributed by atoms with Gasteiger partial charge < -0.3 is 10.1 Å². The molecule has 1 aliphatic rings. The number of ether oxygens (including phenoxy) is 1. The lowest BCUT2D eigenvalue weighted by molar-refractivity contribution is -0.143. The topological polar surface area (TPSA) is 38.3 Å². The largest absolute Gasteiger partial charge is 0.468 e. The van der Waals surface area contributed by atoms with E-state index in [-0.39, 0.29) is 12.0 Å². The van der Waals surface area contributed by atoms with Crippen LogP contribution in [-0.4, -0.2) is 25.2 Å². The lowest BCUT2D eigenvalue weighted by Gasteiger charge is -2.15. The minimum Gasteiger partial charge on any atom is -0.468 e. The molecule has 2 rings (SSSR count). The number of benzene rings is 1. The first kappa shape index (κ1) is 11.1. The van der Waals surface area contributed by atoms with Gasteiger partial charge in [0.1, 0.15) is 6.04 Å². The second-order valence-corrected chi connectivity index (χ2v) is 4.21. The van der Waals surface area contributed by atoms with E-state index in [2.05, 4.69) is 5.32 Å². The summed E-state index contributed by atoms with van der Waals surface area (Å²) in [4.78, 5) is 11.6. The van der Waals surface area contributed by atoms with Crippen LogP contribution >= 0.6 is 0 Å². The third-order valence-electron chi connectivity index (χ3n) is 2.78. The quantitative estimate of drug-likeness (QED) is 0.763. The van der Waals surface area contributed by atoms with Crippen LogP contribution in [0.15, 0.2) is 30.3 Å². The van der Waals surface area contributed by atoms with E-state index in [1.54, 1.807) is 0 Å². The van der Waals surface area contributed by atoms with Crippen LogP contribution in [0.2, 0.25) is 0 Å². The number of methoxy groups -OCH3 is 1. The molecular formula is C13H17NO2. The van der Waals surface area contributed by atoms with Gasteiger partial charge in [0.2, 0.25) is 0 Å². The van der Waals surface area contributed by atoms with Gasteiger partial charge in [0.15, 0.2) is 0 Å². The van der Waals surface area contributed by atoms with Gasteiger partial charge in [-0.25, -0.2) is 0 Å². The first-order chi connectivity index (χ1) is 7.79. The number of nitrogens with one attached hydrogen (secondary N) is 1. The maximum atomic E-state index is 11.6. The zero-order valence-electron chi connectivity index (χ0n) is 9.48. The summed E-state index contributed by atoms with van der Waals surface area (Å²) in [5.41, 5.74) is 1.16. The van der Waals surface area contributed by atoms with Crippen LogP contribution in [-0.2, 0) is 16.0 Å². The zero-order chi connectivity index (χ0) is 11.4. The van der Waals surface area contributed by atoms with Crippen LogP contribution in [0.3, 0.4) is 0 Å². The van der Waals surface area contributed by atoms with Crippen molar-refractivity contribution in [1.29, 1.82) is 0 Å². The Morgan fingerprint density at radius 3 is 2.69 bits per heavy atom. The Hall–Kier alpha value is -1.35. The first-order valence-corrected chi connectivity index (χ1v) is 5.67. The van der Waals surface area contributed by atoms with Gasteiger partial charge in [-0.3, -0.25) is 4.79 Å². The molecule has 0 radical (unpaired) electrons. The molecule has 1 saturated carbocycles. The minimum absolute atomic E-state index is 0.171. The molecule has 0 unspecified atom stereocenters. The highest BCUT2D eigenvalue weighted by Gasteiger charge is 2.28. The monoisotopic (exact) mass is 219 g/mol. The van der Waals surface area contributed by atoms with Gasteiger partial charge in [-0.2, -0.15) is 0 Å². The van der Waals surface area contributed by atoms with Crippen molar-refractivity contribution in [3.05, 3.63) is 35.9 Å². The Labute approximate surface area is 95.8 Å². The second-order valence-electron chi connectivity index (χ2n) is 4.21. The summed E-state index contributed by atoms with van der Waals surface area (Å²) in [6.07, 6.45) is 3.04. The summed E-state index contributed by atoms with van der Waals surface area (Å²) >= 11 is 0. The third-order valence-corrected chi connectivity index (χ3v) is 2.78. The minimum atomic E-state index is -0.208. The average Bonchev–Trinajstić information content (AvgIpc) is 3.12. The van der Waals surface area contributed by atoms with E-state index in [0.717, 1.165) is 5.56 Å². The van der Waals surface area contributed by atoms with E-state index in [0.29, 0.717) is 12.5 Å². The van der Waals surface area contributed by atoms with Gasteiger partial charge in [-0.05, 0) is 24.8 Å². The van der Waals surface area contributed by atoms with Gasteiger partial charge in [0.25, 0.3) is 0 Å². The molecular weight excluding hydrogens is 202 g/mol. The summed E-state index contributed by atoms with van der Waals surface area (Å²) in [5, 5.41) is 3.32. The molecule has 1 aliphatic carbocycles. The van der Waals surface area contributed by atoms with Crippen molar-refractivity contribution < 1.29 is 9.53 Å². The number of hydrogen-bond donors (Lipinski definition) is 1. The molecule has 1 fully saturated rings. The Bertz CT molecular complexity index is 346. The van der Waals surface area contributed by atoms with Crippen molar-refractivity contribution >= 4 is 5.97 Å². The summed E-state index contributed by atoms with van der Waals surface area (Å²) < 4.78 is 4.81. The maximum Gasteiger partial charge on any atom is 0.323 e. The van der Waals surface area contributed by atoms with E-state index >= 15 is 0 Å². The zero-order valence-corrected chi connectivity index (χ0v) is 9.48. The smallest absolute Gasteiger partial charge is 0.323 e. The lowest BCUT2D eigenvalue weighted by Crippen LogP contribution is -2.40. The molecule has 0 spiro atoms. The Kier molecular flexibility index (Phi) is 3.57. The molecule has 1 aromatic rings. The van der Waals surface area contributed by atoms with Crippen molar-refractivity contribution in [2.75, 3.05) is 7.11 Å². The first-order valence-electron chi connectivity index (χ1n) is 5.67. The summed E-state index contributed by atoms with van der Waals surface area (Å²) in [5.74, 6) is -0.171. The van der Waals surface area contributed by atoms with E-state index in [4.69, 9.17) is 4.74 Å². The van der Waals surface area contributed by atoms with Crippen molar-refractivity contribution in [1.82, 2.24) is 5.32 Å². The predicted octanol–water partition coefficient (Wildman–Crippen LogP) is 1.52. The van der Waals surface area contributed by atoms with E-state index in [9.17, 15) is 4.79 Å². The van der Waals surface area contributed by atoms with Crippen LogP contribution in [0.25, 0.3) is 0 Å². The van der Waals surface area contributed by atoms with Gasteiger partial charge in [-0.1, -0.05) is 30.3 Å². The summed E-state index contributed by atoms with van der Waals surface area (Å²) in [7, 11) is 1.44. The molecule has 0 heterocycles. The molecule has 0 bridgehead atoms. The van der Waals surface area contributed by atoms with Crippen LogP contribution in [0.4, 0.5) is 0 Å². The molecule has 3 heteroatoms. The third kappa shape index (κ3) is 3.07. The fourth-order valence-corrected chi connectivity index (χ4v) is 1.74. The van der Waals surface area contributed by atoms with Crippen LogP contribution in [0.1, 0.15) is 18.4 Å². The van der Waals surface area contributed by atoms with Gasteiger partial charge in [0, 0.05) is 6.04 Å². The van der Waals surface area contributed by atoms with Gasteiger partial charge >= 0.3 is 5.97 Å². The average molecular weight is 219 g/mol. The second kappa shape index (κ2) is 5.12. The van der Waals surface area contributed by atoms with Crippen LogP contribution in [0, 0.1) is 0 Å². The Morgan fingerprint density at radius 2 is 2.12 bits per heavy atom. The molecule has 0 aliphatic heterocycles. The Morgan fingerprint density at radius 1 is 1.44 bits per heavy atom. The predicted molar refractivity (Wildman–Crippen MR) is 62.1 cm³/mol. The van der Waals surface area contributed by atoms with E-state index in [1.807, 2.05) is 30.3 Å². The SMILES string of the molecule is COC(=O)[C@H](Cc1ccccc1)NC1CC1. The molecule has 1 aromatic carbocycles. The number of esters is 1. The molecule has 16 heavy (non-hydrogen) atoms. The lowest BCUT2D eigenvalue weighted by atomic mass is 10.1. The highest BCUT2D eigenvalue weighted by molar-refractivity contribution is 5.76. The van der Waals surface area contributed by atoms with Crippen LogP contribution in [0.5, 0.6) is 0 Å². The molecule has 0 saturated heterocycles. The van der Waals surface area contributed by atoms with Crippen molar-refractivity contribution in [3.63, 3.8) is 0 Å². The molecule has 0 aromatic heterocycles. The summed E-state index contributed by atoms with van der Waals surface area (Å²) in [6, 6.07) is 10.3. The van der Waals surface area contributed by atoms with E-state index in [1.165, 1.54) is 20.0 Å².